The zero-order valence-corrected chi connectivity index (χ0v) is 10.8. The molecule has 17 heavy (non-hydrogen) atoms. The van der Waals surface area contributed by atoms with Crippen LogP contribution in [0.15, 0.2) is 0 Å². The normalized spacial score (nSPS) is 23.6. The quantitative estimate of drug-likeness (QED) is 0.796. The highest BCUT2D eigenvalue weighted by atomic mass is 16.5. The number of nitrogens with zero attached hydrogens (tertiary/aromatic N) is 1. The van der Waals surface area contributed by atoms with E-state index in [1.54, 1.807) is 0 Å². The fourth-order valence-electron chi connectivity index (χ4n) is 2.80. The molecule has 2 saturated heterocycles. The number of hydrogen-bond acceptors (Lipinski definition) is 3. The summed E-state index contributed by atoms with van der Waals surface area (Å²) in [7, 11) is 1.96. The topological polar surface area (TPSA) is 41.6 Å². The number of carbonyl (C=O) groups is 1. The molecule has 2 heterocycles. The minimum atomic E-state index is 0.204. The van der Waals surface area contributed by atoms with Crippen molar-refractivity contribution in [2.24, 2.45) is 11.8 Å². The molecule has 0 aliphatic carbocycles. The van der Waals surface area contributed by atoms with Crippen LogP contribution in [0.3, 0.4) is 0 Å². The van der Waals surface area contributed by atoms with Gasteiger partial charge in [0.05, 0.1) is 0 Å². The number of carbonyl (C=O) groups excluding carboxylic acids is 1. The minimum absolute atomic E-state index is 0.204. The number of piperidine rings is 1. The number of rotatable bonds is 3. The molecule has 4 nitrogen and oxygen atoms in total. The fourth-order valence-corrected chi connectivity index (χ4v) is 2.80. The first-order valence-corrected chi connectivity index (χ1v) is 6.81. The zero-order chi connectivity index (χ0) is 12.1. The summed E-state index contributed by atoms with van der Waals surface area (Å²) in [5.74, 6) is 1.22. The van der Waals surface area contributed by atoms with Crippen molar-refractivity contribution in [1.29, 1.82) is 0 Å². The molecule has 98 valence electrons. The van der Waals surface area contributed by atoms with Gasteiger partial charge in [0.2, 0.25) is 5.91 Å². The first-order chi connectivity index (χ1) is 8.27. The van der Waals surface area contributed by atoms with Crippen molar-refractivity contribution in [3.63, 3.8) is 0 Å². The van der Waals surface area contributed by atoms with Gasteiger partial charge in [0.25, 0.3) is 0 Å². The summed E-state index contributed by atoms with van der Waals surface area (Å²) < 4.78 is 5.30. The van der Waals surface area contributed by atoms with Gasteiger partial charge in [0.1, 0.15) is 0 Å². The van der Waals surface area contributed by atoms with Gasteiger partial charge in [-0.3, -0.25) is 4.79 Å². The lowest BCUT2D eigenvalue weighted by Gasteiger charge is -2.31. The molecule has 0 atom stereocenters. The van der Waals surface area contributed by atoms with Gasteiger partial charge in [-0.1, -0.05) is 0 Å². The van der Waals surface area contributed by atoms with Crippen molar-refractivity contribution in [3.05, 3.63) is 0 Å². The SMILES string of the molecule is CN(CC1CCNCC1)C(=O)C1CCOCC1. The summed E-state index contributed by atoms with van der Waals surface area (Å²) in [5, 5.41) is 3.36. The number of ether oxygens (including phenoxy) is 1. The maximum atomic E-state index is 12.2. The Morgan fingerprint density at radius 1 is 1.24 bits per heavy atom. The maximum Gasteiger partial charge on any atom is 0.225 e. The molecule has 2 fully saturated rings. The summed E-state index contributed by atoms with van der Waals surface area (Å²) >= 11 is 0. The lowest BCUT2D eigenvalue weighted by Crippen LogP contribution is -2.41. The van der Waals surface area contributed by atoms with Crippen LogP contribution in [0.5, 0.6) is 0 Å². The predicted molar refractivity (Wildman–Crippen MR) is 66.8 cm³/mol. The van der Waals surface area contributed by atoms with Crippen LogP contribution < -0.4 is 5.32 Å². The zero-order valence-electron chi connectivity index (χ0n) is 10.8. The molecule has 0 bridgehead atoms. The smallest absolute Gasteiger partial charge is 0.225 e. The minimum Gasteiger partial charge on any atom is -0.381 e. The Bertz CT molecular complexity index is 246. The molecule has 2 aliphatic rings. The third kappa shape index (κ3) is 3.68. The Kier molecular flexibility index (Phi) is 4.80. The third-order valence-electron chi connectivity index (χ3n) is 3.94. The van der Waals surface area contributed by atoms with E-state index in [1.807, 2.05) is 11.9 Å². The highest BCUT2D eigenvalue weighted by Gasteiger charge is 2.26. The van der Waals surface area contributed by atoms with Crippen LogP contribution in [0, 0.1) is 11.8 Å². The van der Waals surface area contributed by atoms with Crippen LogP contribution in [0.1, 0.15) is 25.7 Å². The molecule has 0 aromatic rings. The molecule has 0 spiro atoms. The lowest BCUT2D eigenvalue weighted by atomic mass is 9.95. The molecule has 1 N–H and O–H groups in total. The van der Waals surface area contributed by atoms with Gasteiger partial charge >= 0.3 is 0 Å². The van der Waals surface area contributed by atoms with Gasteiger partial charge < -0.3 is 15.0 Å². The van der Waals surface area contributed by atoms with Crippen molar-refractivity contribution in [2.45, 2.75) is 25.7 Å². The average molecular weight is 240 g/mol. The van der Waals surface area contributed by atoms with Crippen molar-refractivity contribution in [1.82, 2.24) is 10.2 Å². The van der Waals surface area contributed by atoms with Gasteiger partial charge in [0.15, 0.2) is 0 Å². The Morgan fingerprint density at radius 2 is 1.88 bits per heavy atom. The highest BCUT2D eigenvalue weighted by Crippen LogP contribution is 2.19. The van der Waals surface area contributed by atoms with Gasteiger partial charge in [-0.15, -0.1) is 0 Å². The maximum absolute atomic E-state index is 12.2. The molecule has 0 radical (unpaired) electrons. The van der Waals surface area contributed by atoms with Crippen molar-refractivity contribution < 1.29 is 9.53 Å². The summed E-state index contributed by atoms with van der Waals surface area (Å²) in [5.41, 5.74) is 0. The van der Waals surface area contributed by atoms with Crippen LogP contribution >= 0.6 is 0 Å². The predicted octanol–water partition coefficient (Wildman–Crippen LogP) is 0.871. The Labute approximate surface area is 104 Å². The van der Waals surface area contributed by atoms with E-state index in [1.165, 1.54) is 12.8 Å². The summed E-state index contributed by atoms with van der Waals surface area (Å²) in [6, 6.07) is 0. The Balaban J connectivity index is 1.77. The van der Waals surface area contributed by atoms with E-state index in [0.717, 1.165) is 45.7 Å². The van der Waals surface area contributed by atoms with Gasteiger partial charge in [-0.05, 0) is 44.7 Å². The fraction of sp³-hybridized carbons (Fsp3) is 0.923. The van der Waals surface area contributed by atoms with E-state index in [-0.39, 0.29) is 5.92 Å². The summed E-state index contributed by atoms with van der Waals surface area (Å²) in [4.78, 5) is 14.2. The van der Waals surface area contributed by atoms with Crippen LogP contribution in [0.25, 0.3) is 0 Å². The molecule has 4 heteroatoms. The molecule has 0 saturated carbocycles. The molecule has 2 aliphatic heterocycles. The second kappa shape index (κ2) is 6.36. The standard InChI is InChI=1S/C13H24N2O2/c1-15(10-11-2-6-14-7-3-11)13(16)12-4-8-17-9-5-12/h11-12,14H,2-10H2,1H3. The summed E-state index contributed by atoms with van der Waals surface area (Å²) in [6.07, 6.45) is 4.20. The van der Waals surface area contributed by atoms with Gasteiger partial charge in [-0.2, -0.15) is 0 Å². The van der Waals surface area contributed by atoms with Gasteiger partial charge in [-0.25, -0.2) is 0 Å². The van der Waals surface area contributed by atoms with Crippen LogP contribution in [-0.2, 0) is 9.53 Å². The van der Waals surface area contributed by atoms with Gasteiger partial charge in [0, 0.05) is 32.7 Å². The second-order valence-electron chi connectivity index (χ2n) is 5.30. The van der Waals surface area contributed by atoms with Crippen LogP contribution in [0.2, 0.25) is 0 Å². The first-order valence-electron chi connectivity index (χ1n) is 6.81. The molecule has 0 unspecified atom stereocenters. The van der Waals surface area contributed by atoms with Crippen molar-refractivity contribution in [3.8, 4) is 0 Å². The average Bonchev–Trinajstić information content (AvgIpc) is 2.40. The van der Waals surface area contributed by atoms with E-state index in [0.29, 0.717) is 11.8 Å². The third-order valence-corrected chi connectivity index (χ3v) is 3.94. The molecular weight excluding hydrogens is 216 g/mol. The molecule has 0 aromatic carbocycles. The number of hydrogen-bond donors (Lipinski definition) is 1. The monoisotopic (exact) mass is 240 g/mol. The second-order valence-corrected chi connectivity index (χ2v) is 5.30. The molecule has 0 aromatic heterocycles. The molecular formula is C13H24N2O2. The van der Waals surface area contributed by atoms with E-state index in [2.05, 4.69) is 5.32 Å². The van der Waals surface area contributed by atoms with Crippen LogP contribution in [0.4, 0.5) is 0 Å². The van der Waals surface area contributed by atoms with E-state index < -0.39 is 0 Å². The largest absolute Gasteiger partial charge is 0.381 e. The molecule has 2 rings (SSSR count). The van der Waals surface area contributed by atoms with Crippen molar-refractivity contribution >= 4 is 5.91 Å². The Hall–Kier alpha value is -0.610. The molecule has 1 amide bonds. The highest BCUT2D eigenvalue weighted by molar-refractivity contribution is 5.78. The lowest BCUT2D eigenvalue weighted by molar-refractivity contribution is -0.137. The van der Waals surface area contributed by atoms with E-state index in [9.17, 15) is 4.79 Å². The first kappa shape index (κ1) is 12.8. The van der Waals surface area contributed by atoms with Crippen LogP contribution in [-0.4, -0.2) is 50.7 Å². The number of nitrogens with one attached hydrogen (secondary N) is 1. The van der Waals surface area contributed by atoms with E-state index in [4.69, 9.17) is 4.74 Å². The number of amides is 1. The Morgan fingerprint density at radius 3 is 2.53 bits per heavy atom. The summed E-state index contributed by atoms with van der Waals surface area (Å²) in [6.45, 7) is 4.63. The van der Waals surface area contributed by atoms with E-state index >= 15 is 0 Å². The van der Waals surface area contributed by atoms with Crippen molar-refractivity contribution in [2.75, 3.05) is 39.9 Å².